The Bertz CT molecular complexity index is 263. The van der Waals surface area contributed by atoms with E-state index in [1.54, 1.807) is 0 Å². The molecule has 4 unspecified atom stereocenters. The van der Waals surface area contributed by atoms with E-state index < -0.39 is 0 Å². The molecule has 2 nitrogen and oxygen atoms in total. The summed E-state index contributed by atoms with van der Waals surface area (Å²) in [6, 6.07) is 0.866. The van der Waals surface area contributed by atoms with Crippen molar-refractivity contribution in [3.63, 3.8) is 0 Å². The second-order valence-corrected chi connectivity index (χ2v) is 8.67. The van der Waals surface area contributed by atoms with E-state index in [0.29, 0.717) is 35.8 Å². The zero-order chi connectivity index (χ0) is 15.6. The molecule has 0 saturated heterocycles. The van der Waals surface area contributed by atoms with E-state index in [-0.39, 0.29) is 0 Å². The standard InChI is InChI=1S/C19H38N2/c1-12-8-16(9-13(2)18(12)20)6-5-7-17-10-14(3)19(21)15(4)11-17/h12-19H,5-11,20-21H2,1-4H3. The summed E-state index contributed by atoms with van der Waals surface area (Å²) < 4.78 is 0. The largest absolute Gasteiger partial charge is 0.327 e. The first-order valence-electron chi connectivity index (χ1n) is 9.39. The predicted octanol–water partition coefficient (Wildman–Crippen LogP) is 4.18. The molecule has 2 aliphatic rings. The highest BCUT2D eigenvalue weighted by Gasteiger charge is 2.32. The van der Waals surface area contributed by atoms with E-state index >= 15 is 0 Å². The van der Waals surface area contributed by atoms with Crippen molar-refractivity contribution in [2.24, 2.45) is 47.0 Å². The Labute approximate surface area is 132 Å². The second-order valence-electron chi connectivity index (χ2n) is 8.67. The van der Waals surface area contributed by atoms with E-state index in [2.05, 4.69) is 27.7 Å². The molecule has 2 saturated carbocycles. The highest BCUT2D eigenvalue weighted by atomic mass is 14.7. The van der Waals surface area contributed by atoms with Gasteiger partial charge in [0.05, 0.1) is 0 Å². The summed E-state index contributed by atoms with van der Waals surface area (Å²) in [5, 5.41) is 0. The van der Waals surface area contributed by atoms with Crippen molar-refractivity contribution in [3.05, 3.63) is 0 Å². The summed E-state index contributed by atoms with van der Waals surface area (Å²) in [5.74, 6) is 4.71. The molecule has 21 heavy (non-hydrogen) atoms. The highest BCUT2D eigenvalue weighted by molar-refractivity contribution is 4.86. The lowest BCUT2D eigenvalue weighted by molar-refractivity contribution is 0.155. The van der Waals surface area contributed by atoms with Crippen LogP contribution in [0.4, 0.5) is 0 Å². The van der Waals surface area contributed by atoms with E-state index in [0.717, 1.165) is 11.8 Å². The molecular weight excluding hydrogens is 256 g/mol. The van der Waals surface area contributed by atoms with Gasteiger partial charge in [0.2, 0.25) is 0 Å². The number of hydrogen-bond donors (Lipinski definition) is 2. The van der Waals surface area contributed by atoms with Gasteiger partial charge in [-0.25, -0.2) is 0 Å². The molecule has 2 aliphatic carbocycles. The summed E-state index contributed by atoms with van der Waals surface area (Å²) >= 11 is 0. The zero-order valence-electron chi connectivity index (χ0n) is 14.7. The fraction of sp³-hybridized carbons (Fsp3) is 1.00. The van der Waals surface area contributed by atoms with Crippen LogP contribution in [-0.4, -0.2) is 12.1 Å². The van der Waals surface area contributed by atoms with Crippen molar-refractivity contribution in [3.8, 4) is 0 Å². The van der Waals surface area contributed by atoms with Gasteiger partial charge in [-0.3, -0.25) is 0 Å². The normalized spacial score (nSPS) is 48.3. The third kappa shape index (κ3) is 4.45. The molecule has 2 fully saturated rings. The third-order valence-corrected chi connectivity index (χ3v) is 6.67. The second kappa shape index (κ2) is 7.46. The summed E-state index contributed by atoms with van der Waals surface area (Å²) in [4.78, 5) is 0. The molecule has 0 aliphatic heterocycles. The Morgan fingerprint density at radius 3 is 1.19 bits per heavy atom. The van der Waals surface area contributed by atoms with Crippen molar-refractivity contribution < 1.29 is 0 Å². The van der Waals surface area contributed by atoms with Crippen LogP contribution in [0.25, 0.3) is 0 Å². The lowest BCUT2D eigenvalue weighted by Crippen LogP contribution is -2.41. The summed E-state index contributed by atoms with van der Waals surface area (Å²) in [7, 11) is 0. The SMILES string of the molecule is CC1CC(CCCC2CC(C)C(N)C(C)C2)CC(C)C1N. The first kappa shape index (κ1) is 17.3. The number of hydrogen-bond acceptors (Lipinski definition) is 2. The Morgan fingerprint density at radius 2 is 0.905 bits per heavy atom. The average molecular weight is 295 g/mol. The summed E-state index contributed by atoms with van der Waals surface area (Å²) in [6.07, 6.45) is 9.68. The maximum Gasteiger partial charge on any atom is 0.00905 e. The van der Waals surface area contributed by atoms with Crippen LogP contribution < -0.4 is 11.5 Å². The molecule has 0 amide bonds. The fourth-order valence-electron chi connectivity index (χ4n) is 5.21. The van der Waals surface area contributed by atoms with Gasteiger partial charge in [-0.05, 0) is 61.2 Å². The first-order valence-corrected chi connectivity index (χ1v) is 9.39. The van der Waals surface area contributed by atoms with Crippen LogP contribution in [0, 0.1) is 35.5 Å². The van der Waals surface area contributed by atoms with Gasteiger partial charge in [-0.1, -0.05) is 47.0 Å². The Balaban J connectivity index is 1.70. The van der Waals surface area contributed by atoms with Crippen molar-refractivity contribution in [1.82, 2.24) is 0 Å². The summed E-state index contributed by atoms with van der Waals surface area (Å²) in [5.41, 5.74) is 12.5. The monoisotopic (exact) mass is 294 g/mol. The van der Waals surface area contributed by atoms with Crippen LogP contribution in [-0.2, 0) is 0 Å². The van der Waals surface area contributed by atoms with E-state index in [1.165, 1.54) is 44.9 Å². The minimum atomic E-state index is 0.433. The van der Waals surface area contributed by atoms with Crippen LogP contribution in [0.2, 0.25) is 0 Å². The van der Waals surface area contributed by atoms with E-state index in [4.69, 9.17) is 11.5 Å². The van der Waals surface area contributed by atoms with Gasteiger partial charge < -0.3 is 11.5 Å². The van der Waals surface area contributed by atoms with Crippen molar-refractivity contribution in [2.45, 2.75) is 84.7 Å². The van der Waals surface area contributed by atoms with Gasteiger partial charge in [0.15, 0.2) is 0 Å². The Kier molecular flexibility index (Phi) is 6.14. The van der Waals surface area contributed by atoms with Gasteiger partial charge in [0.25, 0.3) is 0 Å². The number of nitrogens with two attached hydrogens (primary N) is 2. The van der Waals surface area contributed by atoms with Crippen LogP contribution in [0.1, 0.15) is 72.6 Å². The van der Waals surface area contributed by atoms with Gasteiger partial charge >= 0.3 is 0 Å². The Hall–Kier alpha value is -0.0800. The van der Waals surface area contributed by atoms with Crippen molar-refractivity contribution in [2.75, 3.05) is 0 Å². The lowest BCUT2D eigenvalue weighted by atomic mass is 9.70. The van der Waals surface area contributed by atoms with Crippen molar-refractivity contribution in [1.29, 1.82) is 0 Å². The van der Waals surface area contributed by atoms with Gasteiger partial charge in [0, 0.05) is 12.1 Å². The van der Waals surface area contributed by atoms with Crippen LogP contribution in [0.3, 0.4) is 0 Å². The molecule has 0 radical (unpaired) electrons. The molecule has 4 atom stereocenters. The fourth-order valence-corrected chi connectivity index (χ4v) is 5.21. The molecule has 0 bridgehead atoms. The van der Waals surface area contributed by atoms with Gasteiger partial charge in [-0.15, -0.1) is 0 Å². The van der Waals surface area contributed by atoms with Crippen molar-refractivity contribution >= 4 is 0 Å². The molecule has 0 aromatic carbocycles. The summed E-state index contributed by atoms with van der Waals surface area (Å²) in [6.45, 7) is 9.39. The van der Waals surface area contributed by atoms with E-state index in [9.17, 15) is 0 Å². The molecule has 4 N–H and O–H groups in total. The molecule has 124 valence electrons. The lowest BCUT2D eigenvalue weighted by Gasteiger charge is -2.38. The molecular formula is C19H38N2. The Morgan fingerprint density at radius 1 is 0.619 bits per heavy atom. The molecule has 0 aromatic heterocycles. The van der Waals surface area contributed by atoms with Gasteiger partial charge in [0.1, 0.15) is 0 Å². The molecule has 0 aromatic rings. The predicted molar refractivity (Wildman–Crippen MR) is 91.9 cm³/mol. The zero-order valence-corrected chi connectivity index (χ0v) is 14.7. The first-order chi connectivity index (χ1) is 9.88. The van der Waals surface area contributed by atoms with Gasteiger partial charge in [-0.2, -0.15) is 0 Å². The average Bonchev–Trinajstić information content (AvgIpc) is 2.42. The van der Waals surface area contributed by atoms with E-state index in [1.807, 2.05) is 0 Å². The maximum atomic E-state index is 6.26. The third-order valence-electron chi connectivity index (χ3n) is 6.67. The molecule has 0 heterocycles. The topological polar surface area (TPSA) is 52.0 Å². The molecule has 2 heteroatoms. The van der Waals surface area contributed by atoms with Crippen LogP contribution in [0.5, 0.6) is 0 Å². The van der Waals surface area contributed by atoms with Crippen LogP contribution in [0.15, 0.2) is 0 Å². The smallest absolute Gasteiger partial charge is 0.00905 e. The number of rotatable bonds is 4. The minimum Gasteiger partial charge on any atom is -0.327 e. The molecule has 2 rings (SSSR count). The highest BCUT2D eigenvalue weighted by Crippen LogP contribution is 2.38. The molecule has 0 spiro atoms. The quantitative estimate of drug-likeness (QED) is 0.817. The van der Waals surface area contributed by atoms with Crippen LogP contribution >= 0.6 is 0 Å². The maximum absolute atomic E-state index is 6.26. The minimum absolute atomic E-state index is 0.433.